The van der Waals surface area contributed by atoms with Crippen molar-refractivity contribution < 1.29 is 9.90 Å². The third-order valence-electron chi connectivity index (χ3n) is 3.93. The number of hydrogen-bond donors (Lipinski definition) is 2. The van der Waals surface area contributed by atoms with Crippen LogP contribution < -0.4 is 5.32 Å². The highest BCUT2D eigenvalue weighted by Crippen LogP contribution is 2.24. The van der Waals surface area contributed by atoms with Crippen LogP contribution in [0, 0.1) is 0 Å². The molecule has 8 heteroatoms. The van der Waals surface area contributed by atoms with Crippen LogP contribution in [0.3, 0.4) is 0 Å². The van der Waals surface area contributed by atoms with Crippen molar-refractivity contribution in [3.8, 4) is 11.4 Å². The summed E-state index contributed by atoms with van der Waals surface area (Å²) in [7, 11) is 0. The Balaban J connectivity index is 1.46. The number of nitrogens with zero attached hydrogens (tertiary/aromatic N) is 4. The first-order valence-electron chi connectivity index (χ1n) is 8.19. The zero-order valence-electron chi connectivity index (χ0n) is 14.1. The van der Waals surface area contributed by atoms with E-state index in [2.05, 4.69) is 20.8 Å². The first-order valence-corrected chi connectivity index (χ1v) is 9.17. The van der Waals surface area contributed by atoms with Gasteiger partial charge in [0.2, 0.25) is 11.1 Å². The fourth-order valence-electron chi connectivity index (χ4n) is 2.68. The molecule has 0 radical (unpaired) electrons. The van der Waals surface area contributed by atoms with Gasteiger partial charge in [-0.3, -0.25) is 4.79 Å². The van der Waals surface area contributed by atoms with Gasteiger partial charge in [0.25, 0.3) is 0 Å². The second kappa shape index (κ2) is 7.46. The van der Waals surface area contributed by atoms with E-state index in [0.717, 1.165) is 16.5 Å². The zero-order chi connectivity index (χ0) is 18.6. The molecular weight excluding hydrogens is 362 g/mol. The highest BCUT2D eigenvalue weighted by molar-refractivity contribution is 7.99. The van der Waals surface area contributed by atoms with Crippen LogP contribution in [-0.4, -0.2) is 37.0 Å². The molecule has 0 atom stereocenters. The van der Waals surface area contributed by atoms with Crippen molar-refractivity contribution in [1.82, 2.24) is 20.2 Å². The second-order valence-corrected chi connectivity index (χ2v) is 6.70. The molecule has 4 rings (SSSR count). The molecule has 4 aromatic rings. The minimum absolute atomic E-state index is 0.142. The summed E-state index contributed by atoms with van der Waals surface area (Å²) in [6.07, 6.45) is 0. The highest BCUT2D eigenvalue weighted by Gasteiger charge is 2.12. The predicted molar refractivity (Wildman–Crippen MR) is 104 cm³/mol. The molecule has 0 saturated heterocycles. The summed E-state index contributed by atoms with van der Waals surface area (Å²) < 4.78 is 1.52. The quantitative estimate of drug-likeness (QED) is 0.519. The first-order chi connectivity index (χ1) is 13.2. The summed E-state index contributed by atoms with van der Waals surface area (Å²) >= 11 is 1.24. The van der Waals surface area contributed by atoms with Crippen LogP contribution in [0.5, 0.6) is 5.75 Å². The van der Waals surface area contributed by atoms with E-state index in [-0.39, 0.29) is 17.4 Å². The van der Waals surface area contributed by atoms with Crippen LogP contribution in [0.25, 0.3) is 16.5 Å². The summed E-state index contributed by atoms with van der Waals surface area (Å²) in [6.45, 7) is 0. The van der Waals surface area contributed by atoms with E-state index in [1.54, 1.807) is 24.3 Å². The van der Waals surface area contributed by atoms with E-state index in [0.29, 0.717) is 10.8 Å². The summed E-state index contributed by atoms with van der Waals surface area (Å²) in [5.74, 6) is 0.189. The lowest BCUT2D eigenvalue weighted by atomic mass is 10.1. The summed E-state index contributed by atoms with van der Waals surface area (Å²) in [6, 6.07) is 20.2. The van der Waals surface area contributed by atoms with Crippen molar-refractivity contribution >= 4 is 34.1 Å². The number of hydrogen-bond acceptors (Lipinski definition) is 6. The Hall–Kier alpha value is -3.39. The van der Waals surface area contributed by atoms with Crippen LogP contribution in [-0.2, 0) is 4.79 Å². The molecule has 0 fully saturated rings. The summed E-state index contributed by atoms with van der Waals surface area (Å²) in [5, 5.41) is 26.5. The van der Waals surface area contributed by atoms with E-state index in [9.17, 15) is 9.90 Å². The number of carbonyl (C=O) groups excluding carboxylic acids is 1. The Labute approximate surface area is 159 Å². The molecule has 3 aromatic carbocycles. The van der Waals surface area contributed by atoms with Gasteiger partial charge in [0.1, 0.15) is 5.75 Å². The molecule has 0 aliphatic heterocycles. The van der Waals surface area contributed by atoms with Crippen molar-refractivity contribution in [2.45, 2.75) is 5.16 Å². The number of amides is 1. The Morgan fingerprint density at radius 2 is 1.81 bits per heavy atom. The van der Waals surface area contributed by atoms with E-state index in [1.165, 1.54) is 16.4 Å². The van der Waals surface area contributed by atoms with Gasteiger partial charge in [-0.05, 0) is 46.1 Å². The first kappa shape index (κ1) is 17.0. The topological polar surface area (TPSA) is 92.9 Å². The molecule has 0 aliphatic rings. The maximum absolute atomic E-state index is 12.4. The number of aromatic hydroxyl groups is 1. The number of carbonyl (C=O) groups is 1. The average Bonchev–Trinajstić information content (AvgIpc) is 3.16. The number of nitrogens with one attached hydrogen (secondary N) is 1. The van der Waals surface area contributed by atoms with Gasteiger partial charge in [-0.1, -0.05) is 48.2 Å². The Morgan fingerprint density at radius 3 is 2.67 bits per heavy atom. The van der Waals surface area contributed by atoms with Gasteiger partial charge in [0.05, 0.1) is 11.4 Å². The standard InChI is InChI=1S/C19H15N5O2S/c25-15-10-8-14(9-11-15)24-19(21-22-23-24)27-12-18(26)20-17-7-3-5-13-4-1-2-6-16(13)17/h1-11,25H,12H2,(H,20,26). The lowest BCUT2D eigenvalue weighted by molar-refractivity contribution is -0.113. The molecule has 0 saturated carbocycles. The molecule has 0 bridgehead atoms. The summed E-state index contributed by atoms with van der Waals surface area (Å²) in [5.41, 5.74) is 1.48. The fourth-order valence-corrected chi connectivity index (χ4v) is 3.37. The SMILES string of the molecule is O=C(CSc1nnnn1-c1ccc(O)cc1)Nc1cccc2ccccc12. The smallest absolute Gasteiger partial charge is 0.234 e. The molecule has 2 N–H and O–H groups in total. The van der Waals surface area contributed by atoms with Crippen molar-refractivity contribution in [3.05, 3.63) is 66.7 Å². The Kier molecular flexibility index (Phi) is 4.71. The van der Waals surface area contributed by atoms with Crippen molar-refractivity contribution in [2.24, 2.45) is 0 Å². The predicted octanol–water partition coefficient (Wildman–Crippen LogP) is 3.25. The number of phenols is 1. The van der Waals surface area contributed by atoms with Crippen LogP contribution in [0.15, 0.2) is 71.9 Å². The van der Waals surface area contributed by atoms with Gasteiger partial charge in [-0.2, -0.15) is 4.68 Å². The number of thioether (sulfide) groups is 1. The average molecular weight is 377 g/mol. The maximum atomic E-state index is 12.4. The van der Waals surface area contributed by atoms with Gasteiger partial charge in [0.15, 0.2) is 0 Å². The minimum atomic E-state index is -0.142. The lowest BCUT2D eigenvalue weighted by Gasteiger charge is -2.08. The molecule has 1 amide bonds. The van der Waals surface area contributed by atoms with Gasteiger partial charge < -0.3 is 10.4 Å². The third-order valence-corrected chi connectivity index (χ3v) is 4.85. The third kappa shape index (κ3) is 3.75. The van der Waals surface area contributed by atoms with E-state index in [4.69, 9.17) is 0 Å². The van der Waals surface area contributed by atoms with Crippen molar-refractivity contribution in [1.29, 1.82) is 0 Å². The number of tetrazole rings is 1. The van der Waals surface area contributed by atoms with E-state index in [1.807, 2.05) is 42.5 Å². The molecule has 1 heterocycles. The molecular formula is C19H15N5O2S. The maximum Gasteiger partial charge on any atom is 0.234 e. The zero-order valence-corrected chi connectivity index (χ0v) is 14.9. The number of fused-ring (bicyclic) bond motifs is 1. The molecule has 0 aliphatic carbocycles. The molecule has 27 heavy (non-hydrogen) atoms. The molecule has 7 nitrogen and oxygen atoms in total. The number of aromatic nitrogens is 4. The minimum Gasteiger partial charge on any atom is -0.508 e. The van der Waals surface area contributed by atoms with Crippen LogP contribution >= 0.6 is 11.8 Å². The number of anilines is 1. The molecule has 0 unspecified atom stereocenters. The van der Waals surface area contributed by atoms with Crippen LogP contribution in [0.2, 0.25) is 0 Å². The Morgan fingerprint density at radius 1 is 1.04 bits per heavy atom. The van der Waals surface area contributed by atoms with Gasteiger partial charge in [-0.25, -0.2) is 0 Å². The normalized spacial score (nSPS) is 10.8. The largest absolute Gasteiger partial charge is 0.508 e. The second-order valence-electron chi connectivity index (χ2n) is 5.75. The van der Waals surface area contributed by atoms with Gasteiger partial charge in [-0.15, -0.1) is 5.10 Å². The number of rotatable bonds is 5. The Bertz CT molecular complexity index is 1090. The molecule has 0 spiro atoms. The van der Waals surface area contributed by atoms with Crippen molar-refractivity contribution in [3.63, 3.8) is 0 Å². The van der Waals surface area contributed by atoms with Crippen LogP contribution in [0.4, 0.5) is 5.69 Å². The van der Waals surface area contributed by atoms with Crippen LogP contribution in [0.1, 0.15) is 0 Å². The number of benzene rings is 3. The van der Waals surface area contributed by atoms with Gasteiger partial charge in [0, 0.05) is 11.1 Å². The number of phenolic OH excluding ortho intramolecular Hbond substituents is 1. The molecule has 134 valence electrons. The summed E-state index contributed by atoms with van der Waals surface area (Å²) in [4.78, 5) is 12.4. The van der Waals surface area contributed by atoms with E-state index >= 15 is 0 Å². The van der Waals surface area contributed by atoms with E-state index < -0.39 is 0 Å². The van der Waals surface area contributed by atoms with Crippen molar-refractivity contribution in [2.75, 3.05) is 11.1 Å². The lowest BCUT2D eigenvalue weighted by Crippen LogP contribution is -2.14. The highest BCUT2D eigenvalue weighted by atomic mass is 32.2. The molecule has 1 aromatic heterocycles. The monoisotopic (exact) mass is 377 g/mol. The van der Waals surface area contributed by atoms with Gasteiger partial charge >= 0.3 is 0 Å². The fraction of sp³-hybridized carbons (Fsp3) is 0.0526.